The highest BCUT2D eigenvalue weighted by Crippen LogP contribution is 2.38. The van der Waals surface area contributed by atoms with Crippen molar-refractivity contribution in [2.45, 2.75) is 116 Å². The van der Waals surface area contributed by atoms with Crippen LogP contribution in [0.4, 0.5) is 0 Å². The van der Waals surface area contributed by atoms with E-state index in [-0.39, 0.29) is 16.1 Å². The van der Waals surface area contributed by atoms with Crippen LogP contribution >= 0.6 is 0 Å². The molecule has 0 aromatic rings. The number of hydrogen-bond donors (Lipinski definition) is 0. The summed E-state index contributed by atoms with van der Waals surface area (Å²) < 4.78 is 6.44. The molecule has 2 atom stereocenters. The lowest BCUT2D eigenvalue weighted by atomic mass is 10.00. The molecule has 0 rings (SSSR count). The Labute approximate surface area is 144 Å². The van der Waals surface area contributed by atoms with Gasteiger partial charge in [-0.2, -0.15) is 0 Å². The maximum atomic E-state index is 11.6. The van der Waals surface area contributed by atoms with E-state index in [2.05, 4.69) is 47.7 Å². The summed E-state index contributed by atoms with van der Waals surface area (Å²) >= 11 is 0. The van der Waals surface area contributed by atoms with Gasteiger partial charge < -0.3 is 4.43 Å². The van der Waals surface area contributed by atoms with Crippen LogP contribution in [-0.4, -0.2) is 25.4 Å². The van der Waals surface area contributed by atoms with Gasteiger partial charge in [-0.05, 0) is 31.0 Å². The van der Waals surface area contributed by atoms with Gasteiger partial charge in [-0.3, -0.25) is 10.1 Å². The first-order chi connectivity index (χ1) is 10.6. The summed E-state index contributed by atoms with van der Waals surface area (Å²) in [5, 5.41) is 11.7. The Morgan fingerprint density at radius 3 is 2.00 bits per heavy atom. The molecule has 0 aromatic carbocycles. The summed E-state index contributed by atoms with van der Waals surface area (Å²) in [6.07, 6.45) is 7.77. The monoisotopic (exact) mass is 345 g/mol. The van der Waals surface area contributed by atoms with Crippen LogP contribution in [0, 0.1) is 10.1 Å². The number of unbranched alkanes of at least 4 members (excludes halogenated alkanes) is 4. The molecule has 0 heterocycles. The number of rotatable bonds is 12. The molecule has 4 nitrogen and oxygen atoms in total. The van der Waals surface area contributed by atoms with Gasteiger partial charge >= 0.3 is 0 Å². The van der Waals surface area contributed by atoms with Gasteiger partial charge in [-0.15, -0.1) is 0 Å². The highest BCUT2D eigenvalue weighted by atomic mass is 28.4. The van der Waals surface area contributed by atoms with Gasteiger partial charge in [0.15, 0.2) is 8.32 Å². The van der Waals surface area contributed by atoms with Gasteiger partial charge in [0.05, 0.1) is 0 Å². The van der Waals surface area contributed by atoms with Crippen molar-refractivity contribution in [2.75, 3.05) is 0 Å². The molecule has 0 unspecified atom stereocenters. The summed E-state index contributed by atoms with van der Waals surface area (Å²) in [6, 6.07) is -0.550. The molecule has 0 aromatic heterocycles. The Bertz CT molecular complexity index is 340. The van der Waals surface area contributed by atoms with E-state index in [1.807, 2.05) is 0 Å². The van der Waals surface area contributed by atoms with Crippen LogP contribution < -0.4 is 0 Å². The summed E-state index contributed by atoms with van der Waals surface area (Å²) in [5.74, 6) is 0. The fourth-order valence-electron chi connectivity index (χ4n) is 2.55. The fourth-order valence-corrected chi connectivity index (χ4v) is 3.94. The van der Waals surface area contributed by atoms with Crippen molar-refractivity contribution in [1.82, 2.24) is 0 Å². The predicted octanol–water partition coefficient (Wildman–Crippen LogP) is 6.18. The largest absolute Gasteiger partial charge is 0.407 e. The molecule has 0 bridgehead atoms. The molecule has 0 spiro atoms. The molecule has 5 heteroatoms. The van der Waals surface area contributed by atoms with Gasteiger partial charge in [0.1, 0.15) is 6.10 Å². The Balaban J connectivity index is 4.86. The highest BCUT2D eigenvalue weighted by Gasteiger charge is 2.43. The molecule has 23 heavy (non-hydrogen) atoms. The van der Waals surface area contributed by atoms with Crippen molar-refractivity contribution < 1.29 is 9.35 Å². The van der Waals surface area contributed by atoms with Crippen LogP contribution in [0.15, 0.2) is 0 Å². The molecule has 0 N–H and O–H groups in total. The second kappa shape index (κ2) is 10.4. The lowest BCUT2D eigenvalue weighted by Gasteiger charge is -2.39. The Kier molecular flexibility index (Phi) is 10.3. The minimum atomic E-state index is -1.98. The van der Waals surface area contributed by atoms with E-state index in [0.29, 0.717) is 6.42 Å². The van der Waals surface area contributed by atoms with Gasteiger partial charge in [0, 0.05) is 11.3 Å². The van der Waals surface area contributed by atoms with Crippen molar-refractivity contribution in [3.63, 3.8) is 0 Å². The van der Waals surface area contributed by atoms with Crippen LogP contribution in [-0.2, 0) is 4.43 Å². The molecule has 0 amide bonds. The minimum absolute atomic E-state index is 0.0846. The average molecular weight is 346 g/mol. The maximum absolute atomic E-state index is 11.6. The topological polar surface area (TPSA) is 52.4 Å². The third-order valence-electron chi connectivity index (χ3n) is 5.13. The van der Waals surface area contributed by atoms with Crippen molar-refractivity contribution in [3.05, 3.63) is 10.1 Å². The third-order valence-corrected chi connectivity index (χ3v) is 9.63. The zero-order valence-corrected chi connectivity index (χ0v) is 17.5. The molecule has 138 valence electrons. The van der Waals surface area contributed by atoms with Gasteiger partial charge in [-0.25, -0.2) is 0 Å². The first-order valence-corrected chi connectivity index (χ1v) is 12.3. The maximum Gasteiger partial charge on any atom is 0.237 e. The Morgan fingerprint density at radius 2 is 1.57 bits per heavy atom. The minimum Gasteiger partial charge on any atom is -0.407 e. The number of nitro groups is 1. The van der Waals surface area contributed by atoms with E-state index in [0.717, 1.165) is 25.7 Å². The average Bonchev–Trinajstić information content (AvgIpc) is 2.40. The molecule has 0 radical (unpaired) electrons. The molecular formula is C18H39NO3Si. The Morgan fingerprint density at radius 1 is 1.00 bits per heavy atom. The second-order valence-electron chi connectivity index (χ2n) is 8.26. The van der Waals surface area contributed by atoms with Crippen LogP contribution in [0.25, 0.3) is 0 Å². The fraction of sp³-hybridized carbons (Fsp3) is 1.00. The molecule has 0 aliphatic carbocycles. The van der Waals surface area contributed by atoms with E-state index in [1.54, 1.807) is 0 Å². The molecule has 0 saturated carbocycles. The normalized spacial score (nSPS) is 15.4. The predicted molar refractivity (Wildman–Crippen MR) is 101 cm³/mol. The SMILES string of the molecule is CCCCCCC[C@@H]([C@@H](CCC)O[Si](C)(C)C(C)(C)C)[N+](=O)[O-]. The highest BCUT2D eigenvalue weighted by molar-refractivity contribution is 6.74. The van der Waals surface area contributed by atoms with Crippen molar-refractivity contribution in [2.24, 2.45) is 0 Å². The lowest BCUT2D eigenvalue weighted by Crippen LogP contribution is -2.48. The van der Waals surface area contributed by atoms with E-state index in [1.165, 1.54) is 19.3 Å². The molecule has 0 aliphatic rings. The molecular weight excluding hydrogens is 306 g/mol. The van der Waals surface area contributed by atoms with Gasteiger partial charge in [-0.1, -0.05) is 66.7 Å². The van der Waals surface area contributed by atoms with Crippen LogP contribution in [0.5, 0.6) is 0 Å². The van der Waals surface area contributed by atoms with Gasteiger partial charge in [0.25, 0.3) is 0 Å². The van der Waals surface area contributed by atoms with Crippen LogP contribution in [0.3, 0.4) is 0 Å². The van der Waals surface area contributed by atoms with Crippen molar-refractivity contribution in [1.29, 1.82) is 0 Å². The van der Waals surface area contributed by atoms with E-state index in [4.69, 9.17) is 4.43 Å². The third kappa shape index (κ3) is 8.29. The smallest absolute Gasteiger partial charge is 0.237 e. The quantitative estimate of drug-likeness (QED) is 0.183. The summed E-state index contributed by atoms with van der Waals surface area (Å²) in [6.45, 7) is 15.2. The second-order valence-corrected chi connectivity index (χ2v) is 13.0. The standard InChI is InChI=1S/C18H39NO3Si/c1-8-10-11-12-13-15-16(19(20)21)17(14-9-2)22-23(6,7)18(3,4)5/h16-17H,8-15H2,1-7H3/t16-,17+/m0/s1. The van der Waals surface area contributed by atoms with E-state index < -0.39 is 14.4 Å². The molecule has 0 aliphatic heterocycles. The number of nitrogens with zero attached hydrogens (tertiary/aromatic N) is 1. The summed E-state index contributed by atoms with van der Waals surface area (Å²) in [7, 11) is -1.98. The first-order valence-electron chi connectivity index (χ1n) is 9.38. The molecule has 0 saturated heterocycles. The summed E-state index contributed by atoms with van der Waals surface area (Å²) in [5.41, 5.74) is 0. The van der Waals surface area contributed by atoms with E-state index >= 15 is 0 Å². The first kappa shape index (κ1) is 22.6. The number of hydrogen-bond acceptors (Lipinski definition) is 3. The van der Waals surface area contributed by atoms with Crippen LogP contribution in [0.1, 0.15) is 86.0 Å². The van der Waals surface area contributed by atoms with Crippen molar-refractivity contribution in [3.8, 4) is 0 Å². The van der Waals surface area contributed by atoms with Crippen molar-refractivity contribution >= 4 is 8.32 Å². The lowest BCUT2D eigenvalue weighted by molar-refractivity contribution is -0.534. The molecule has 0 fully saturated rings. The summed E-state index contributed by atoms with van der Waals surface area (Å²) in [4.78, 5) is 11.5. The zero-order chi connectivity index (χ0) is 18.1. The van der Waals surface area contributed by atoms with Crippen LogP contribution in [0.2, 0.25) is 18.1 Å². The zero-order valence-electron chi connectivity index (χ0n) is 16.5. The van der Waals surface area contributed by atoms with Gasteiger partial charge in [0.2, 0.25) is 6.04 Å². The Hall–Kier alpha value is -0.423. The van der Waals surface area contributed by atoms with E-state index in [9.17, 15) is 10.1 Å².